The molecule has 2 heterocycles. The van der Waals surface area contributed by atoms with Gasteiger partial charge in [-0.3, -0.25) is 9.69 Å². The van der Waals surface area contributed by atoms with Crippen LogP contribution in [0, 0.1) is 0 Å². The molecule has 6 heteroatoms. The summed E-state index contributed by atoms with van der Waals surface area (Å²) < 4.78 is 0. The zero-order valence-electron chi connectivity index (χ0n) is 15.9. The predicted octanol–water partition coefficient (Wildman–Crippen LogP) is 5.53. The second kappa shape index (κ2) is 9.04. The summed E-state index contributed by atoms with van der Waals surface area (Å²) in [7, 11) is 0. The lowest BCUT2D eigenvalue weighted by molar-refractivity contribution is -0.141. The van der Waals surface area contributed by atoms with Crippen molar-refractivity contribution in [2.75, 3.05) is 13.1 Å². The Hall–Kier alpha value is -1.26. The number of fused-ring (bicyclic) bond motifs is 1. The molecule has 2 atom stereocenters. The molecule has 0 saturated carbocycles. The molecule has 0 N–H and O–H groups in total. The third-order valence-corrected chi connectivity index (χ3v) is 6.57. The van der Waals surface area contributed by atoms with E-state index in [1.54, 1.807) is 12.1 Å². The highest BCUT2D eigenvalue weighted by Crippen LogP contribution is 2.36. The first-order chi connectivity index (χ1) is 13.0. The lowest BCUT2D eigenvalue weighted by Gasteiger charge is -2.46. The minimum atomic E-state index is 0. The molecule has 2 aliphatic heterocycles. The smallest absolute Gasteiger partial charge is 0.228 e. The molecule has 3 nitrogen and oxygen atoms in total. The Bertz CT molecular complexity index is 851. The summed E-state index contributed by atoms with van der Waals surface area (Å²) in [5.41, 5.74) is 3.52. The fourth-order valence-corrected chi connectivity index (χ4v) is 4.79. The number of carbonyl (C=O) groups excluding carboxylic acids is 1. The molecule has 28 heavy (non-hydrogen) atoms. The van der Waals surface area contributed by atoms with Crippen molar-refractivity contribution in [3.8, 4) is 0 Å². The van der Waals surface area contributed by atoms with Crippen molar-refractivity contribution in [1.29, 1.82) is 0 Å². The summed E-state index contributed by atoms with van der Waals surface area (Å²) in [5, 5.41) is 1.01. The lowest BCUT2D eigenvalue weighted by atomic mass is 9.90. The first-order valence-electron chi connectivity index (χ1n) is 9.61. The number of benzene rings is 2. The highest BCUT2D eigenvalue weighted by atomic mass is 35.5. The third-order valence-electron chi connectivity index (χ3n) is 5.84. The van der Waals surface area contributed by atoms with E-state index in [-0.39, 0.29) is 30.5 Å². The lowest BCUT2D eigenvalue weighted by Crippen LogP contribution is -2.55. The molecular formula is C22H25Cl3N2O. The highest BCUT2D eigenvalue weighted by Gasteiger charge is 2.38. The van der Waals surface area contributed by atoms with Crippen LogP contribution in [0.2, 0.25) is 10.0 Å². The van der Waals surface area contributed by atoms with Crippen molar-refractivity contribution >= 4 is 41.5 Å². The number of rotatable bonds is 3. The Labute approximate surface area is 183 Å². The second-order valence-electron chi connectivity index (χ2n) is 7.53. The Kier molecular flexibility index (Phi) is 6.93. The zero-order valence-corrected chi connectivity index (χ0v) is 18.2. The zero-order chi connectivity index (χ0) is 19.0. The maximum absolute atomic E-state index is 13.4. The van der Waals surface area contributed by atoms with Gasteiger partial charge in [-0.05, 0) is 48.6 Å². The van der Waals surface area contributed by atoms with Gasteiger partial charge in [0.05, 0.1) is 28.7 Å². The molecule has 2 aromatic rings. The Morgan fingerprint density at radius 1 is 1.07 bits per heavy atom. The van der Waals surface area contributed by atoms with Gasteiger partial charge in [0.25, 0.3) is 0 Å². The van der Waals surface area contributed by atoms with E-state index in [1.165, 1.54) is 24.0 Å². The molecule has 0 radical (unpaired) electrons. The average Bonchev–Trinajstić information content (AvgIpc) is 3.19. The molecule has 1 amide bonds. The molecule has 2 aliphatic rings. The van der Waals surface area contributed by atoms with Gasteiger partial charge in [0.1, 0.15) is 0 Å². The molecule has 0 aromatic heterocycles. The molecular weight excluding hydrogens is 415 g/mol. The van der Waals surface area contributed by atoms with Gasteiger partial charge in [0, 0.05) is 19.5 Å². The topological polar surface area (TPSA) is 23.6 Å². The van der Waals surface area contributed by atoms with E-state index in [1.807, 2.05) is 6.07 Å². The van der Waals surface area contributed by atoms with Crippen LogP contribution in [0.3, 0.4) is 0 Å². The molecule has 0 spiro atoms. The number of hydrogen-bond donors (Lipinski definition) is 0. The molecule has 150 valence electrons. The first-order valence-corrected chi connectivity index (χ1v) is 10.4. The van der Waals surface area contributed by atoms with E-state index in [0.717, 1.165) is 25.1 Å². The summed E-state index contributed by atoms with van der Waals surface area (Å²) in [5.74, 6) is 0.146. The Morgan fingerprint density at radius 3 is 2.50 bits per heavy atom. The Morgan fingerprint density at radius 2 is 1.79 bits per heavy atom. The molecule has 0 bridgehead atoms. The van der Waals surface area contributed by atoms with Gasteiger partial charge in [-0.2, -0.15) is 0 Å². The van der Waals surface area contributed by atoms with Gasteiger partial charge in [0.2, 0.25) is 5.91 Å². The maximum Gasteiger partial charge on any atom is 0.228 e. The van der Waals surface area contributed by atoms with Crippen LogP contribution in [0.15, 0.2) is 42.5 Å². The minimum absolute atomic E-state index is 0. The molecule has 0 unspecified atom stereocenters. The van der Waals surface area contributed by atoms with E-state index >= 15 is 0 Å². The normalized spacial score (nSPS) is 21.9. The van der Waals surface area contributed by atoms with E-state index in [0.29, 0.717) is 16.5 Å². The number of likely N-dealkylation sites (tertiary alicyclic amines) is 1. The monoisotopic (exact) mass is 438 g/mol. The van der Waals surface area contributed by atoms with Crippen LogP contribution in [0.4, 0.5) is 0 Å². The van der Waals surface area contributed by atoms with Crippen LogP contribution in [0.25, 0.3) is 0 Å². The van der Waals surface area contributed by atoms with Crippen LogP contribution >= 0.6 is 35.6 Å². The second-order valence-corrected chi connectivity index (χ2v) is 8.34. The number of hydrogen-bond acceptors (Lipinski definition) is 2. The van der Waals surface area contributed by atoms with Crippen molar-refractivity contribution in [1.82, 2.24) is 9.80 Å². The minimum Gasteiger partial charge on any atom is -0.320 e. The van der Waals surface area contributed by atoms with Gasteiger partial charge in [0.15, 0.2) is 0 Å². The largest absolute Gasteiger partial charge is 0.320 e. The number of nitrogens with zero attached hydrogens (tertiary/aromatic N) is 2. The third kappa shape index (κ3) is 4.18. The summed E-state index contributed by atoms with van der Waals surface area (Å²) in [6.07, 6.45) is 3.79. The summed E-state index contributed by atoms with van der Waals surface area (Å²) in [4.78, 5) is 17.9. The van der Waals surface area contributed by atoms with Crippen molar-refractivity contribution in [3.63, 3.8) is 0 Å². The standard InChI is InChI=1S/C22H24Cl2N2O.ClH/c1-15-18-7-3-2-6-17(18)14-21(25-10-4-5-11-25)26(15)22(27)13-16-8-9-19(23)20(24)12-16;/h2-3,6-9,12,15,21H,4-5,10-11,13-14H2,1H3;1H/t15-,21+;/m1./s1. The van der Waals surface area contributed by atoms with E-state index in [4.69, 9.17) is 23.2 Å². The maximum atomic E-state index is 13.4. The molecule has 0 aliphatic carbocycles. The predicted molar refractivity (Wildman–Crippen MR) is 117 cm³/mol. The summed E-state index contributed by atoms with van der Waals surface area (Å²) >= 11 is 12.2. The summed E-state index contributed by atoms with van der Waals surface area (Å²) in [6.45, 7) is 4.28. The van der Waals surface area contributed by atoms with E-state index < -0.39 is 0 Å². The van der Waals surface area contributed by atoms with Gasteiger partial charge >= 0.3 is 0 Å². The molecule has 1 fully saturated rings. The SMILES string of the molecule is C[C@@H]1c2ccccc2C[C@@H](N2CCCC2)N1C(=O)Cc1ccc(Cl)c(Cl)c1.Cl. The van der Waals surface area contributed by atoms with Crippen LogP contribution in [0.1, 0.15) is 42.5 Å². The van der Waals surface area contributed by atoms with Crippen molar-refractivity contribution in [2.45, 2.75) is 44.8 Å². The quantitative estimate of drug-likeness (QED) is 0.628. The fraction of sp³-hybridized carbons (Fsp3) is 0.409. The molecule has 2 aromatic carbocycles. The van der Waals surface area contributed by atoms with Crippen LogP contribution < -0.4 is 0 Å². The van der Waals surface area contributed by atoms with Crippen molar-refractivity contribution < 1.29 is 4.79 Å². The van der Waals surface area contributed by atoms with Gasteiger partial charge in [-0.1, -0.05) is 53.5 Å². The summed E-state index contributed by atoms with van der Waals surface area (Å²) in [6, 6.07) is 14.0. The number of halogens is 3. The van der Waals surface area contributed by atoms with Crippen LogP contribution in [-0.2, 0) is 17.6 Å². The Balaban J connectivity index is 0.00000225. The van der Waals surface area contributed by atoms with Gasteiger partial charge in [-0.25, -0.2) is 0 Å². The van der Waals surface area contributed by atoms with E-state index in [9.17, 15) is 4.79 Å². The molecule has 1 saturated heterocycles. The van der Waals surface area contributed by atoms with Crippen LogP contribution in [0.5, 0.6) is 0 Å². The van der Waals surface area contributed by atoms with E-state index in [2.05, 4.69) is 41.0 Å². The fourth-order valence-electron chi connectivity index (χ4n) is 4.47. The number of carbonyl (C=O) groups is 1. The van der Waals surface area contributed by atoms with Crippen molar-refractivity contribution in [3.05, 3.63) is 69.2 Å². The van der Waals surface area contributed by atoms with Crippen LogP contribution in [-0.4, -0.2) is 35.0 Å². The highest BCUT2D eigenvalue weighted by molar-refractivity contribution is 6.42. The number of amides is 1. The van der Waals surface area contributed by atoms with Crippen molar-refractivity contribution in [2.24, 2.45) is 0 Å². The first kappa shape index (κ1) is 21.4. The van der Waals surface area contributed by atoms with Gasteiger partial charge in [-0.15, -0.1) is 12.4 Å². The average molecular weight is 440 g/mol. The van der Waals surface area contributed by atoms with Gasteiger partial charge < -0.3 is 4.90 Å². The molecule has 4 rings (SSSR count).